The van der Waals surface area contributed by atoms with Crippen LogP contribution < -0.4 is 0 Å². The number of hydrogen-bond acceptors (Lipinski definition) is 4. The molecule has 0 amide bonds. The highest BCUT2D eigenvalue weighted by atomic mass is 16.4. The van der Waals surface area contributed by atoms with Gasteiger partial charge in [0, 0.05) is 30.6 Å². The van der Waals surface area contributed by atoms with Crippen molar-refractivity contribution in [1.82, 2.24) is 0 Å². The lowest BCUT2D eigenvalue weighted by Crippen LogP contribution is -2.60. The number of Topliss-reactive ketones (excluding diaryl/α,β-unsaturated/α-hetero) is 2. The maximum absolute atomic E-state index is 13.6. The summed E-state index contributed by atoms with van der Waals surface area (Å²) in [7, 11) is 0. The second kappa shape index (κ2) is 7.18. The lowest BCUT2D eigenvalue weighted by molar-refractivity contribution is -0.168. The molecule has 4 fully saturated rings. The molecule has 5 heteroatoms. The normalized spacial score (nSPS) is 47.9. The lowest BCUT2D eigenvalue weighted by atomic mass is 9.43. The Morgan fingerprint density at radius 2 is 1.86 bits per heavy atom. The number of carboxylic acids is 1. The van der Waals surface area contributed by atoms with E-state index in [1.165, 1.54) is 0 Å². The van der Waals surface area contributed by atoms with Crippen LogP contribution in [0.15, 0.2) is 0 Å². The van der Waals surface area contributed by atoms with Crippen LogP contribution >= 0.6 is 0 Å². The summed E-state index contributed by atoms with van der Waals surface area (Å²) in [6, 6.07) is 0. The van der Waals surface area contributed by atoms with Crippen LogP contribution in [0.25, 0.3) is 0 Å². The van der Waals surface area contributed by atoms with Crippen molar-refractivity contribution in [3.8, 4) is 0 Å². The number of aliphatic hydroxyl groups excluding tert-OH is 1. The van der Waals surface area contributed by atoms with Crippen molar-refractivity contribution in [3.05, 3.63) is 0 Å². The number of aliphatic carboxylic acids is 1. The minimum absolute atomic E-state index is 0.0260. The van der Waals surface area contributed by atoms with E-state index in [2.05, 4.69) is 20.8 Å². The van der Waals surface area contributed by atoms with E-state index < -0.39 is 11.4 Å². The molecule has 1 unspecified atom stereocenters. The van der Waals surface area contributed by atoms with Gasteiger partial charge in [0.15, 0.2) is 0 Å². The zero-order valence-corrected chi connectivity index (χ0v) is 18.0. The van der Waals surface area contributed by atoms with Crippen LogP contribution in [-0.4, -0.2) is 33.9 Å². The van der Waals surface area contributed by atoms with Crippen LogP contribution in [0.2, 0.25) is 0 Å². The highest BCUT2D eigenvalue weighted by Crippen LogP contribution is 2.66. The van der Waals surface area contributed by atoms with E-state index in [-0.39, 0.29) is 53.4 Å². The summed E-state index contributed by atoms with van der Waals surface area (Å²) < 4.78 is 0. The minimum atomic E-state index is -0.785. The first-order valence-corrected chi connectivity index (χ1v) is 11.5. The summed E-state index contributed by atoms with van der Waals surface area (Å²) in [5.41, 5.74) is -0.520. The number of carbonyl (C=O) groups is 3. The average molecular weight is 405 g/mol. The molecule has 4 aliphatic rings. The fraction of sp³-hybridized carbons (Fsp3) is 0.875. The smallest absolute Gasteiger partial charge is 0.303 e. The van der Waals surface area contributed by atoms with Crippen molar-refractivity contribution in [2.24, 2.45) is 46.3 Å². The van der Waals surface area contributed by atoms with Gasteiger partial charge in [-0.2, -0.15) is 0 Å². The summed E-state index contributed by atoms with van der Waals surface area (Å²) in [6.07, 6.45) is 5.64. The summed E-state index contributed by atoms with van der Waals surface area (Å²) in [5, 5.41) is 19.2. The number of carbonyl (C=O) groups excluding carboxylic acids is 2. The fourth-order valence-electron chi connectivity index (χ4n) is 8.13. The van der Waals surface area contributed by atoms with E-state index in [0.29, 0.717) is 37.2 Å². The van der Waals surface area contributed by atoms with Gasteiger partial charge in [-0.1, -0.05) is 20.8 Å². The Morgan fingerprint density at radius 1 is 1.14 bits per heavy atom. The molecule has 4 rings (SSSR count). The minimum Gasteiger partial charge on any atom is -0.481 e. The number of aliphatic hydroxyl groups is 1. The molecule has 162 valence electrons. The molecule has 29 heavy (non-hydrogen) atoms. The topological polar surface area (TPSA) is 91.7 Å². The molecule has 0 aliphatic heterocycles. The number of carboxylic acid groups (broad SMARTS) is 1. The first kappa shape index (κ1) is 21.0. The summed E-state index contributed by atoms with van der Waals surface area (Å²) in [4.78, 5) is 38.0. The zero-order valence-electron chi connectivity index (χ0n) is 18.0. The maximum atomic E-state index is 13.6. The largest absolute Gasteiger partial charge is 0.481 e. The molecule has 0 bridgehead atoms. The summed E-state index contributed by atoms with van der Waals surface area (Å²) in [5.74, 6) is 0.550. The van der Waals surface area contributed by atoms with Gasteiger partial charge in [-0.25, -0.2) is 0 Å². The third-order valence-electron chi connectivity index (χ3n) is 9.87. The molecule has 0 heterocycles. The molecule has 0 radical (unpaired) electrons. The van der Waals surface area contributed by atoms with Gasteiger partial charge in [-0.15, -0.1) is 0 Å². The maximum Gasteiger partial charge on any atom is 0.303 e. The molecule has 0 saturated heterocycles. The van der Waals surface area contributed by atoms with Crippen LogP contribution in [0.4, 0.5) is 0 Å². The SMILES string of the molecule is C[C@H](CCC(=O)O)C1CC[C@H]2[C@@H]3C(=O)C[C@@H]4C[C@H](O)CC[C@]4(C)[C@H]3CC(=O)[C@]12C. The van der Waals surface area contributed by atoms with Crippen LogP contribution in [0, 0.1) is 46.3 Å². The van der Waals surface area contributed by atoms with E-state index in [4.69, 9.17) is 5.11 Å². The van der Waals surface area contributed by atoms with Gasteiger partial charge in [0.05, 0.1) is 6.10 Å². The van der Waals surface area contributed by atoms with E-state index in [1.807, 2.05) is 0 Å². The average Bonchev–Trinajstić information content (AvgIpc) is 3.01. The van der Waals surface area contributed by atoms with Crippen molar-refractivity contribution < 1.29 is 24.6 Å². The predicted molar refractivity (Wildman–Crippen MR) is 108 cm³/mol. The molecule has 0 aromatic heterocycles. The number of hydrogen-bond donors (Lipinski definition) is 2. The van der Waals surface area contributed by atoms with Gasteiger partial charge >= 0.3 is 5.97 Å². The van der Waals surface area contributed by atoms with Crippen molar-refractivity contribution in [1.29, 1.82) is 0 Å². The molecule has 2 N–H and O–H groups in total. The lowest BCUT2D eigenvalue weighted by Gasteiger charge is -2.59. The Kier molecular flexibility index (Phi) is 5.20. The van der Waals surface area contributed by atoms with E-state index in [9.17, 15) is 19.5 Å². The van der Waals surface area contributed by atoms with Gasteiger partial charge in [0.25, 0.3) is 0 Å². The van der Waals surface area contributed by atoms with Gasteiger partial charge in [-0.3, -0.25) is 14.4 Å². The van der Waals surface area contributed by atoms with Crippen LogP contribution in [0.3, 0.4) is 0 Å². The Balaban J connectivity index is 1.62. The number of fused-ring (bicyclic) bond motifs is 5. The monoisotopic (exact) mass is 404 g/mol. The Labute approximate surface area is 173 Å². The molecule has 5 nitrogen and oxygen atoms in total. The van der Waals surface area contributed by atoms with Crippen molar-refractivity contribution in [2.45, 2.75) is 84.7 Å². The van der Waals surface area contributed by atoms with Gasteiger partial charge < -0.3 is 10.2 Å². The fourth-order valence-corrected chi connectivity index (χ4v) is 8.13. The van der Waals surface area contributed by atoms with Gasteiger partial charge in [0.2, 0.25) is 0 Å². The third-order valence-corrected chi connectivity index (χ3v) is 9.87. The molecular weight excluding hydrogens is 368 g/mol. The van der Waals surface area contributed by atoms with Gasteiger partial charge in [-0.05, 0) is 73.5 Å². The van der Waals surface area contributed by atoms with Crippen LogP contribution in [0.1, 0.15) is 78.6 Å². The molecule has 0 aromatic rings. The van der Waals surface area contributed by atoms with Crippen molar-refractivity contribution in [2.75, 3.05) is 0 Å². The highest BCUT2D eigenvalue weighted by molar-refractivity contribution is 5.92. The van der Waals surface area contributed by atoms with Crippen LogP contribution in [-0.2, 0) is 14.4 Å². The van der Waals surface area contributed by atoms with E-state index >= 15 is 0 Å². The molecule has 4 saturated carbocycles. The first-order valence-electron chi connectivity index (χ1n) is 11.5. The summed E-state index contributed by atoms with van der Waals surface area (Å²) in [6.45, 7) is 6.44. The molecule has 4 aliphatic carbocycles. The first-order chi connectivity index (χ1) is 13.6. The van der Waals surface area contributed by atoms with E-state index in [0.717, 1.165) is 25.7 Å². The molecule has 9 atom stereocenters. The van der Waals surface area contributed by atoms with Gasteiger partial charge in [0.1, 0.15) is 11.6 Å². The molecular formula is C24H36O5. The summed E-state index contributed by atoms with van der Waals surface area (Å²) >= 11 is 0. The van der Waals surface area contributed by atoms with Crippen LogP contribution in [0.5, 0.6) is 0 Å². The number of ketones is 2. The van der Waals surface area contributed by atoms with Crippen molar-refractivity contribution in [3.63, 3.8) is 0 Å². The Bertz CT molecular complexity index is 716. The third kappa shape index (κ3) is 3.10. The molecule has 0 aromatic carbocycles. The Morgan fingerprint density at radius 3 is 2.55 bits per heavy atom. The predicted octanol–water partition coefficient (Wildman–Crippen LogP) is 3.87. The second-order valence-corrected chi connectivity index (χ2v) is 11.0. The van der Waals surface area contributed by atoms with E-state index in [1.54, 1.807) is 0 Å². The standard InChI is InChI=1S/C24H36O5/c1-13(4-7-21(28)29)16-5-6-17-22-18(12-20(27)24(16,17)3)23(2)9-8-15(25)10-14(23)11-19(22)26/h13-18,22,25H,4-12H2,1-3H3,(H,28,29)/t13-,14+,15-,16?,17+,18+,22+,23+,24-/m1/s1. The second-order valence-electron chi connectivity index (χ2n) is 11.0. The Hall–Kier alpha value is -1.23. The molecule has 0 spiro atoms. The number of rotatable bonds is 4. The zero-order chi connectivity index (χ0) is 21.1. The quantitative estimate of drug-likeness (QED) is 0.742. The highest BCUT2D eigenvalue weighted by Gasteiger charge is 2.66. The van der Waals surface area contributed by atoms with Crippen molar-refractivity contribution >= 4 is 17.5 Å².